The Balaban J connectivity index is 1.53. The molecule has 10 nitrogen and oxygen atoms in total. The lowest BCUT2D eigenvalue weighted by Crippen LogP contribution is -2.50. The minimum atomic E-state index is -3.87. The Bertz CT molecular complexity index is 1410. The number of rotatable bonds is 6. The number of hydrogen-bond donors (Lipinski definition) is 2. The van der Waals surface area contributed by atoms with Crippen molar-refractivity contribution in [2.75, 3.05) is 45.2 Å². The van der Waals surface area contributed by atoms with Crippen LogP contribution in [0.1, 0.15) is 27.6 Å². The molecule has 3 amide bonds. The summed E-state index contributed by atoms with van der Waals surface area (Å²) in [4.78, 5) is 39.1. The first kappa shape index (κ1) is 25.6. The fraction of sp³-hybridized carbons (Fsp3) is 0.292. The molecule has 0 bridgehead atoms. The summed E-state index contributed by atoms with van der Waals surface area (Å²) in [5.74, 6) is -0.897. The quantitative estimate of drug-likeness (QED) is 0.472. The lowest BCUT2D eigenvalue weighted by atomic mass is 10.1. The van der Waals surface area contributed by atoms with Crippen LogP contribution in [0.25, 0.3) is 10.1 Å². The fourth-order valence-electron chi connectivity index (χ4n) is 3.99. The third-order valence-electron chi connectivity index (χ3n) is 5.79. The van der Waals surface area contributed by atoms with Crippen LogP contribution in [-0.2, 0) is 14.8 Å². The number of nitrogens with one attached hydrogen (secondary N) is 2. The van der Waals surface area contributed by atoms with Gasteiger partial charge in [-0.2, -0.15) is 4.31 Å². The zero-order valence-electron chi connectivity index (χ0n) is 19.8. The van der Waals surface area contributed by atoms with Gasteiger partial charge in [0.2, 0.25) is 10.0 Å². The van der Waals surface area contributed by atoms with E-state index in [9.17, 15) is 22.8 Å². The third kappa shape index (κ3) is 5.06. The van der Waals surface area contributed by atoms with E-state index in [-0.39, 0.29) is 42.5 Å². The predicted octanol–water partition coefficient (Wildman–Crippen LogP) is 2.98. The lowest BCUT2D eigenvalue weighted by molar-refractivity contribution is 0.0599. The molecule has 2 heterocycles. The van der Waals surface area contributed by atoms with Gasteiger partial charge in [-0.25, -0.2) is 18.0 Å². The van der Waals surface area contributed by atoms with Crippen LogP contribution in [0.15, 0.2) is 53.4 Å². The number of anilines is 1. The van der Waals surface area contributed by atoms with Gasteiger partial charge < -0.3 is 15.0 Å². The predicted molar refractivity (Wildman–Crippen MR) is 137 cm³/mol. The molecule has 4 rings (SSSR count). The molecule has 190 valence electrons. The first-order chi connectivity index (χ1) is 17.3. The highest BCUT2D eigenvalue weighted by atomic mass is 32.2. The van der Waals surface area contributed by atoms with Crippen molar-refractivity contribution in [1.29, 1.82) is 0 Å². The van der Waals surface area contributed by atoms with Crippen molar-refractivity contribution in [2.45, 2.75) is 11.8 Å². The van der Waals surface area contributed by atoms with Crippen molar-refractivity contribution in [1.82, 2.24) is 14.5 Å². The molecule has 0 atom stereocenters. The Hall–Kier alpha value is -3.48. The number of methoxy groups -OCH3 is 1. The van der Waals surface area contributed by atoms with Crippen LogP contribution in [0.4, 0.5) is 9.80 Å². The van der Waals surface area contributed by atoms with Gasteiger partial charge in [0.15, 0.2) is 0 Å². The molecule has 2 aromatic carbocycles. The Morgan fingerprint density at radius 3 is 2.44 bits per heavy atom. The van der Waals surface area contributed by atoms with Crippen molar-refractivity contribution in [3.63, 3.8) is 0 Å². The van der Waals surface area contributed by atoms with E-state index in [1.54, 1.807) is 11.8 Å². The van der Waals surface area contributed by atoms with E-state index in [2.05, 4.69) is 15.4 Å². The smallest absolute Gasteiger partial charge is 0.337 e. The van der Waals surface area contributed by atoms with E-state index < -0.39 is 22.0 Å². The summed E-state index contributed by atoms with van der Waals surface area (Å²) in [6.45, 7) is 2.79. The number of nitrogens with zero attached hydrogens (tertiary/aromatic N) is 2. The van der Waals surface area contributed by atoms with Gasteiger partial charge in [-0.05, 0) is 31.2 Å². The van der Waals surface area contributed by atoms with E-state index >= 15 is 0 Å². The summed E-state index contributed by atoms with van der Waals surface area (Å²) in [5.41, 5.74) is 0.535. The number of sulfonamides is 1. The van der Waals surface area contributed by atoms with Gasteiger partial charge in [0.1, 0.15) is 5.00 Å². The Morgan fingerprint density at radius 2 is 1.75 bits per heavy atom. The Labute approximate surface area is 212 Å². The summed E-state index contributed by atoms with van der Waals surface area (Å²) in [6.07, 6.45) is 0. The number of esters is 1. The summed E-state index contributed by atoms with van der Waals surface area (Å²) in [7, 11) is -2.64. The van der Waals surface area contributed by atoms with Gasteiger partial charge in [0.05, 0.1) is 23.1 Å². The van der Waals surface area contributed by atoms with E-state index in [1.165, 1.54) is 47.0 Å². The maximum Gasteiger partial charge on any atom is 0.337 e. The molecule has 0 spiro atoms. The number of carbonyl (C=O) groups is 3. The molecule has 0 radical (unpaired) electrons. The number of ether oxygens (including phenoxy) is 1. The molecule has 0 saturated carbocycles. The monoisotopic (exact) mass is 530 g/mol. The van der Waals surface area contributed by atoms with Crippen LogP contribution in [0.5, 0.6) is 0 Å². The Kier molecular flexibility index (Phi) is 7.57. The number of fused-ring (bicyclic) bond motifs is 1. The molecule has 0 unspecified atom stereocenters. The topological polar surface area (TPSA) is 125 Å². The molecule has 3 aromatic rings. The molecule has 1 aromatic heterocycles. The third-order valence-corrected chi connectivity index (χ3v) is 8.77. The van der Waals surface area contributed by atoms with Crippen LogP contribution >= 0.6 is 11.3 Å². The molecule has 36 heavy (non-hydrogen) atoms. The average molecular weight is 531 g/mol. The fourth-order valence-corrected chi connectivity index (χ4v) is 6.55. The number of amides is 3. The largest absolute Gasteiger partial charge is 0.465 e. The van der Waals surface area contributed by atoms with Gasteiger partial charge in [-0.3, -0.25) is 10.1 Å². The normalized spacial score (nSPS) is 14.4. The minimum absolute atomic E-state index is 0.0116. The second-order valence-corrected chi connectivity index (χ2v) is 11.0. The molecular weight excluding hydrogens is 504 g/mol. The van der Waals surface area contributed by atoms with Crippen molar-refractivity contribution in [3.8, 4) is 0 Å². The second kappa shape index (κ2) is 10.6. The van der Waals surface area contributed by atoms with Gasteiger partial charge >= 0.3 is 12.0 Å². The second-order valence-electron chi connectivity index (χ2n) is 8.00. The van der Waals surface area contributed by atoms with E-state index in [0.717, 1.165) is 10.1 Å². The zero-order chi connectivity index (χ0) is 25.9. The van der Waals surface area contributed by atoms with Gasteiger partial charge in [-0.15, -0.1) is 11.3 Å². The highest BCUT2D eigenvalue weighted by molar-refractivity contribution is 7.89. The number of carbonyl (C=O) groups excluding carboxylic acids is 3. The zero-order valence-corrected chi connectivity index (χ0v) is 21.4. The molecule has 1 fully saturated rings. The molecule has 1 aliphatic rings. The van der Waals surface area contributed by atoms with Crippen molar-refractivity contribution >= 4 is 54.4 Å². The summed E-state index contributed by atoms with van der Waals surface area (Å²) in [6, 6.07) is 12.7. The maximum absolute atomic E-state index is 13.6. The molecule has 12 heteroatoms. The summed E-state index contributed by atoms with van der Waals surface area (Å²) >= 11 is 1.31. The van der Waals surface area contributed by atoms with Crippen LogP contribution < -0.4 is 10.6 Å². The first-order valence-electron chi connectivity index (χ1n) is 11.3. The number of thiophene rings is 1. The molecule has 2 N–H and O–H groups in total. The van der Waals surface area contributed by atoms with Crippen molar-refractivity contribution < 1.29 is 27.5 Å². The maximum atomic E-state index is 13.6. The van der Waals surface area contributed by atoms with Gasteiger partial charge in [-0.1, -0.05) is 24.3 Å². The van der Waals surface area contributed by atoms with Crippen LogP contribution in [0.3, 0.4) is 0 Å². The van der Waals surface area contributed by atoms with Crippen molar-refractivity contribution in [3.05, 3.63) is 59.7 Å². The molecule has 1 aliphatic heterocycles. The van der Waals surface area contributed by atoms with Crippen molar-refractivity contribution in [2.24, 2.45) is 0 Å². The van der Waals surface area contributed by atoms with E-state index in [4.69, 9.17) is 0 Å². The SMILES string of the molecule is CCNC(=O)Nc1sc2ccccc2c1C(=O)N1CCN(S(=O)(=O)c2cccc(C(=O)OC)c2)CC1. The molecule has 0 aliphatic carbocycles. The first-order valence-corrected chi connectivity index (χ1v) is 13.6. The highest BCUT2D eigenvalue weighted by Gasteiger charge is 2.32. The van der Waals surface area contributed by atoms with E-state index in [0.29, 0.717) is 17.1 Å². The molecular formula is C24H26N4O6S2. The number of hydrogen-bond acceptors (Lipinski definition) is 7. The van der Waals surface area contributed by atoms with Crippen LogP contribution in [-0.4, -0.2) is 75.4 Å². The Morgan fingerprint density at radius 1 is 1.03 bits per heavy atom. The minimum Gasteiger partial charge on any atom is -0.465 e. The van der Waals surface area contributed by atoms with Crippen LogP contribution in [0.2, 0.25) is 0 Å². The van der Waals surface area contributed by atoms with Crippen LogP contribution in [0, 0.1) is 0 Å². The number of benzene rings is 2. The molecule has 1 saturated heterocycles. The average Bonchev–Trinajstić information content (AvgIpc) is 3.25. The summed E-state index contributed by atoms with van der Waals surface area (Å²) in [5, 5.41) is 6.61. The van der Waals surface area contributed by atoms with Gasteiger partial charge in [0.25, 0.3) is 5.91 Å². The lowest BCUT2D eigenvalue weighted by Gasteiger charge is -2.34. The summed E-state index contributed by atoms with van der Waals surface area (Å²) < 4.78 is 33.2. The number of piperazine rings is 1. The highest BCUT2D eigenvalue weighted by Crippen LogP contribution is 2.36. The van der Waals surface area contributed by atoms with E-state index in [1.807, 2.05) is 24.3 Å². The number of urea groups is 1. The van der Waals surface area contributed by atoms with Gasteiger partial charge in [0, 0.05) is 42.8 Å². The standard InChI is InChI=1S/C24H26N4O6S2/c1-3-25-24(31)26-21-20(18-9-4-5-10-19(18)35-21)22(29)27-11-13-28(14-12-27)36(32,33)17-8-6-7-16(15-17)23(30)34-2/h4-10,15H,3,11-14H2,1-2H3,(H2,25,26,31).